The number of hydrogen-bond acceptors (Lipinski definition) is 3. The molecule has 1 atom stereocenters. The fourth-order valence-electron chi connectivity index (χ4n) is 3.12. The maximum Gasteiger partial charge on any atom is 0.242 e. The van der Waals surface area contributed by atoms with E-state index >= 15 is 0 Å². The first kappa shape index (κ1) is 22.6. The minimum absolute atomic E-state index is 0.117. The van der Waals surface area contributed by atoms with Crippen LogP contribution in [0.25, 0.3) is 11.1 Å². The van der Waals surface area contributed by atoms with E-state index in [-0.39, 0.29) is 11.8 Å². The summed E-state index contributed by atoms with van der Waals surface area (Å²) in [5, 5.41) is 8.82. The van der Waals surface area contributed by atoms with Crippen molar-refractivity contribution in [2.75, 3.05) is 20.1 Å². The molecule has 0 unspecified atom stereocenters. The molecule has 3 N–H and O–H groups in total. The summed E-state index contributed by atoms with van der Waals surface area (Å²) in [7, 11) is 1.81. The Kier molecular flexibility index (Phi) is 9.93. The minimum atomic E-state index is -0.566. The summed E-state index contributed by atoms with van der Waals surface area (Å²) < 4.78 is 0. The Labute approximate surface area is 174 Å². The van der Waals surface area contributed by atoms with Crippen molar-refractivity contribution < 1.29 is 9.59 Å². The van der Waals surface area contributed by atoms with Gasteiger partial charge in [-0.2, -0.15) is 0 Å². The Morgan fingerprint density at radius 2 is 1.59 bits per heavy atom. The molecule has 0 saturated carbocycles. The molecule has 156 valence electrons. The Morgan fingerprint density at radius 1 is 0.897 bits per heavy atom. The molecule has 29 heavy (non-hydrogen) atoms. The zero-order valence-corrected chi connectivity index (χ0v) is 17.5. The number of carbonyl (C=O) groups is 2. The van der Waals surface area contributed by atoms with Crippen molar-refractivity contribution in [2.45, 2.75) is 45.1 Å². The van der Waals surface area contributed by atoms with E-state index in [2.05, 4.69) is 47.1 Å². The molecule has 2 aromatic carbocycles. The average molecular weight is 396 g/mol. The first-order valence-corrected chi connectivity index (χ1v) is 10.5. The van der Waals surface area contributed by atoms with Gasteiger partial charge in [-0.1, -0.05) is 74.4 Å². The lowest BCUT2D eigenvalue weighted by molar-refractivity contribution is -0.128. The van der Waals surface area contributed by atoms with Gasteiger partial charge in [-0.25, -0.2) is 0 Å². The zero-order valence-electron chi connectivity index (χ0n) is 17.5. The van der Waals surface area contributed by atoms with E-state index in [0.717, 1.165) is 36.0 Å². The highest BCUT2D eigenvalue weighted by Gasteiger charge is 2.20. The normalized spacial score (nSPS) is 11.7. The van der Waals surface area contributed by atoms with Crippen molar-refractivity contribution in [3.8, 4) is 11.1 Å². The maximum atomic E-state index is 12.7. The van der Waals surface area contributed by atoms with Crippen molar-refractivity contribution in [3.05, 3.63) is 60.2 Å². The molecule has 0 saturated heterocycles. The summed E-state index contributed by atoms with van der Waals surface area (Å²) >= 11 is 0. The van der Waals surface area contributed by atoms with Crippen molar-refractivity contribution in [1.29, 1.82) is 0 Å². The van der Waals surface area contributed by atoms with E-state index < -0.39 is 6.04 Å². The first-order valence-electron chi connectivity index (χ1n) is 10.5. The lowest BCUT2D eigenvalue weighted by Crippen LogP contribution is -2.48. The van der Waals surface area contributed by atoms with Crippen molar-refractivity contribution in [1.82, 2.24) is 16.0 Å². The van der Waals surface area contributed by atoms with Crippen LogP contribution in [0.4, 0.5) is 0 Å². The Bertz CT molecular complexity index is 744. The molecule has 0 bridgehead atoms. The van der Waals surface area contributed by atoms with E-state index in [1.165, 1.54) is 0 Å². The molecule has 2 amide bonds. The molecule has 0 aliphatic rings. The van der Waals surface area contributed by atoms with E-state index in [1.54, 1.807) is 7.05 Å². The molecule has 2 rings (SSSR count). The summed E-state index contributed by atoms with van der Waals surface area (Å²) in [5.41, 5.74) is 3.31. The maximum absolute atomic E-state index is 12.7. The molecule has 0 aliphatic heterocycles. The smallest absolute Gasteiger partial charge is 0.242 e. The predicted molar refractivity (Wildman–Crippen MR) is 119 cm³/mol. The third-order valence-electron chi connectivity index (χ3n) is 4.83. The van der Waals surface area contributed by atoms with Gasteiger partial charge in [0, 0.05) is 25.9 Å². The van der Waals surface area contributed by atoms with Crippen LogP contribution in [0.15, 0.2) is 54.6 Å². The standard InChI is InChI=1S/C24H33N3O2/c1-3-4-8-16-26-24(29)22(27-23(28)15-17-25-2)18-19-11-13-21(14-12-19)20-9-6-5-7-10-20/h5-7,9-14,22,25H,3-4,8,15-18H2,1-2H3,(H,26,29)(H,27,28)/t22-/m1/s1. The second-order valence-corrected chi connectivity index (χ2v) is 7.24. The van der Waals surface area contributed by atoms with E-state index in [1.807, 2.05) is 30.3 Å². The molecule has 5 heteroatoms. The Hall–Kier alpha value is -2.66. The number of carbonyl (C=O) groups excluding carboxylic acids is 2. The van der Waals surface area contributed by atoms with Crippen LogP contribution in [-0.4, -0.2) is 38.0 Å². The minimum Gasteiger partial charge on any atom is -0.354 e. The van der Waals surface area contributed by atoms with Gasteiger partial charge in [-0.15, -0.1) is 0 Å². The van der Waals surface area contributed by atoms with Crippen LogP contribution in [-0.2, 0) is 16.0 Å². The van der Waals surface area contributed by atoms with Crippen molar-refractivity contribution in [2.24, 2.45) is 0 Å². The van der Waals surface area contributed by atoms with Gasteiger partial charge in [0.15, 0.2) is 0 Å². The van der Waals surface area contributed by atoms with Crippen molar-refractivity contribution >= 4 is 11.8 Å². The van der Waals surface area contributed by atoms with E-state index in [0.29, 0.717) is 25.9 Å². The lowest BCUT2D eigenvalue weighted by atomic mass is 10.00. The first-order chi connectivity index (χ1) is 14.1. The number of benzene rings is 2. The van der Waals surface area contributed by atoms with Gasteiger partial charge >= 0.3 is 0 Å². The molecule has 0 spiro atoms. The van der Waals surface area contributed by atoms with Gasteiger partial charge < -0.3 is 16.0 Å². The van der Waals surface area contributed by atoms with Gasteiger partial charge in [-0.3, -0.25) is 9.59 Å². The Morgan fingerprint density at radius 3 is 2.24 bits per heavy atom. The number of rotatable bonds is 12. The summed E-state index contributed by atoms with van der Waals surface area (Å²) in [4.78, 5) is 24.9. The second kappa shape index (κ2) is 12.7. The number of unbranched alkanes of at least 4 members (excludes halogenated alkanes) is 2. The van der Waals surface area contributed by atoms with Gasteiger partial charge in [0.25, 0.3) is 0 Å². The molecular weight excluding hydrogens is 362 g/mol. The van der Waals surface area contributed by atoms with Crippen LogP contribution < -0.4 is 16.0 Å². The molecule has 0 radical (unpaired) electrons. The largest absolute Gasteiger partial charge is 0.354 e. The molecule has 0 aliphatic carbocycles. The Balaban J connectivity index is 2.03. The highest BCUT2D eigenvalue weighted by molar-refractivity contribution is 5.88. The molecule has 5 nitrogen and oxygen atoms in total. The summed E-state index contributed by atoms with van der Waals surface area (Å²) in [5.74, 6) is -0.236. The SMILES string of the molecule is CCCCCNC(=O)[C@@H](Cc1ccc(-c2ccccc2)cc1)NC(=O)CCNC. The van der Waals surface area contributed by atoms with Crippen LogP contribution in [0.2, 0.25) is 0 Å². The van der Waals surface area contributed by atoms with Gasteiger partial charge in [0.05, 0.1) is 0 Å². The number of hydrogen-bond donors (Lipinski definition) is 3. The highest BCUT2D eigenvalue weighted by Crippen LogP contribution is 2.19. The van der Waals surface area contributed by atoms with Gasteiger partial charge in [0.2, 0.25) is 11.8 Å². The highest BCUT2D eigenvalue weighted by atomic mass is 16.2. The topological polar surface area (TPSA) is 70.2 Å². The van der Waals surface area contributed by atoms with Crippen LogP contribution in [0.3, 0.4) is 0 Å². The van der Waals surface area contributed by atoms with E-state index in [9.17, 15) is 9.59 Å². The quantitative estimate of drug-likeness (QED) is 0.483. The molecule has 0 aromatic heterocycles. The summed E-state index contributed by atoms with van der Waals surface area (Å²) in [6.07, 6.45) is 3.96. The van der Waals surface area contributed by atoms with Gasteiger partial charge in [0.1, 0.15) is 6.04 Å². The fraction of sp³-hybridized carbons (Fsp3) is 0.417. The summed E-state index contributed by atoms with van der Waals surface area (Å²) in [6.45, 7) is 3.36. The van der Waals surface area contributed by atoms with Crippen molar-refractivity contribution in [3.63, 3.8) is 0 Å². The average Bonchev–Trinajstić information content (AvgIpc) is 2.76. The molecular formula is C24H33N3O2. The van der Waals surface area contributed by atoms with Crippen LogP contribution in [0.5, 0.6) is 0 Å². The molecule has 0 fully saturated rings. The van der Waals surface area contributed by atoms with Gasteiger partial charge in [-0.05, 0) is 30.2 Å². The lowest BCUT2D eigenvalue weighted by Gasteiger charge is -2.19. The fourth-order valence-corrected chi connectivity index (χ4v) is 3.12. The molecule has 2 aromatic rings. The van der Waals surface area contributed by atoms with Crippen LogP contribution >= 0.6 is 0 Å². The number of amides is 2. The van der Waals surface area contributed by atoms with Crippen LogP contribution in [0.1, 0.15) is 38.2 Å². The van der Waals surface area contributed by atoms with Crippen LogP contribution in [0, 0.1) is 0 Å². The summed E-state index contributed by atoms with van der Waals surface area (Å²) in [6, 6.07) is 17.8. The third-order valence-corrected chi connectivity index (χ3v) is 4.83. The molecule has 0 heterocycles. The third kappa shape index (κ3) is 8.08. The zero-order chi connectivity index (χ0) is 20.9. The van der Waals surface area contributed by atoms with E-state index in [4.69, 9.17) is 0 Å². The predicted octanol–water partition coefficient (Wildman–Crippen LogP) is 3.30. The number of nitrogens with one attached hydrogen (secondary N) is 3. The second-order valence-electron chi connectivity index (χ2n) is 7.24. The monoisotopic (exact) mass is 395 g/mol.